The highest BCUT2D eigenvalue weighted by Crippen LogP contribution is 2.54. The van der Waals surface area contributed by atoms with E-state index in [2.05, 4.69) is 24.9 Å². The van der Waals surface area contributed by atoms with Crippen molar-refractivity contribution in [1.29, 1.82) is 0 Å². The monoisotopic (exact) mass is 592 g/mol. The Morgan fingerprint density at radius 3 is 2.63 bits per heavy atom. The standard InChI is InChI=1S/C27H37FN6O6S/c1-18-15-34(11-12-39-18)25-22(40-17-28)3-4-23(30-25)31-26(36)20-14-29-24(32-41(37,38)19(2)16-35)13-21(20)33-9-7-27(5-6-27)8-10-33/h3-4,13-14,18-19,35H,5-12,15-17H2,1-2H3,(H,29,32)(H,30,31,36)/t18-,19+/m1/s1. The van der Waals surface area contributed by atoms with Crippen molar-refractivity contribution in [2.45, 2.75) is 50.9 Å². The number of carbonyl (C=O) groups is 1. The largest absolute Gasteiger partial charge is 0.459 e. The first-order chi connectivity index (χ1) is 19.6. The molecule has 1 spiro atoms. The Morgan fingerprint density at radius 2 is 1.98 bits per heavy atom. The van der Waals surface area contributed by atoms with Crippen LogP contribution in [0.3, 0.4) is 0 Å². The molecule has 14 heteroatoms. The lowest BCUT2D eigenvalue weighted by molar-refractivity contribution is 0.0526. The first-order valence-corrected chi connectivity index (χ1v) is 15.4. The lowest BCUT2D eigenvalue weighted by Gasteiger charge is -2.35. The van der Waals surface area contributed by atoms with E-state index < -0.39 is 34.6 Å². The van der Waals surface area contributed by atoms with Crippen LogP contribution in [0.1, 0.15) is 49.9 Å². The molecule has 1 aliphatic carbocycles. The number of alkyl halides is 1. The van der Waals surface area contributed by atoms with Gasteiger partial charge in [0.05, 0.1) is 30.6 Å². The van der Waals surface area contributed by atoms with Gasteiger partial charge >= 0.3 is 0 Å². The van der Waals surface area contributed by atoms with Crippen molar-refractivity contribution in [3.63, 3.8) is 0 Å². The number of halogens is 1. The minimum absolute atomic E-state index is 0.0497. The number of aliphatic hydroxyl groups excluding tert-OH is 1. The van der Waals surface area contributed by atoms with Gasteiger partial charge in [0.1, 0.15) is 16.9 Å². The highest BCUT2D eigenvalue weighted by molar-refractivity contribution is 7.93. The van der Waals surface area contributed by atoms with E-state index in [1.165, 1.54) is 26.0 Å². The van der Waals surface area contributed by atoms with Crippen molar-refractivity contribution in [3.8, 4) is 5.75 Å². The summed E-state index contributed by atoms with van der Waals surface area (Å²) in [7, 11) is -3.87. The average molecular weight is 593 g/mol. The van der Waals surface area contributed by atoms with Crippen LogP contribution in [0.15, 0.2) is 24.4 Å². The summed E-state index contributed by atoms with van der Waals surface area (Å²) in [5.74, 6) is 0.516. The third-order valence-electron chi connectivity index (χ3n) is 8.11. The predicted molar refractivity (Wildman–Crippen MR) is 153 cm³/mol. The molecule has 2 aromatic rings. The topological polar surface area (TPSA) is 146 Å². The van der Waals surface area contributed by atoms with Gasteiger partial charge in [-0.3, -0.25) is 9.52 Å². The minimum Gasteiger partial charge on any atom is -0.459 e. The fourth-order valence-corrected chi connectivity index (χ4v) is 6.08. The van der Waals surface area contributed by atoms with Crippen LogP contribution in [0.2, 0.25) is 0 Å². The van der Waals surface area contributed by atoms with E-state index >= 15 is 0 Å². The maximum Gasteiger partial charge on any atom is 0.260 e. The molecule has 1 amide bonds. The van der Waals surface area contributed by atoms with Gasteiger partial charge in [-0.15, -0.1) is 0 Å². The summed E-state index contributed by atoms with van der Waals surface area (Å²) in [6, 6.07) is 4.67. The molecule has 1 saturated carbocycles. The van der Waals surface area contributed by atoms with Gasteiger partial charge < -0.3 is 29.7 Å². The molecule has 12 nitrogen and oxygen atoms in total. The van der Waals surface area contributed by atoms with Gasteiger partial charge in [-0.1, -0.05) is 0 Å². The summed E-state index contributed by atoms with van der Waals surface area (Å²) >= 11 is 0. The number of amides is 1. The molecule has 0 bridgehead atoms. The third kappa shape index (κ3) is 6.65. The molecular weight excluding hydrogens is 555 g/mol. The van der Waals surface area contributed by atoms with Gasteiger partial charge in [0, 0.05) is 38.4 Å². The van der Waals surface area contributed by atoms with Gasteiger partial charge in [-0.05, 0) is 57.1 Å². The fourth-order valence-electron chi connectivity index (χ4n) is 5.28. The van der Waals surface area contributed by atoms with Crippen molar-refractivity contribution in [3.05, 3.63) is 30.0 Å². The molecule has 3 N–H and O–H groups in total. The Balaban J connectivity index is 1.42. The number of pyridine rings is 2. The van der Waals surface area contributed by atoms with Crippen LogP contribution in [0.4, 0.5) is 27.5 Å². The Labute approximate surface area is 239 Å². The number of morpholine rings is 1. The molecule has 3 fully saturated rings. The molecule has 0 radical (unpaired) electrons. The molecular formula is C27H37FN6O6S. The van der Waals surface area contributed by atoms with Crippen molar-refractivity contribution >= 4 is 39.1 Å². The first-order valence-electron chi connectivity index (χ1n) is 13.9. The van der Waals surface area contributed by atoms with Gasteiger partial charge in [0.2, 0.25) is 16.9 Å². The summed E-state index contributed by atoms with van der Waals surface area (Å²) in [5.41, 5.74) is 1.22. The average Bonchev–Trinajstić information content (AvgIpc) is 3.72. The third-order valence-corrected chi connectivity index (χ3v) is 9.82. The molecule has 3 aliphatic rings. The number of nitrogens with one attached hydrogen (secondary N) is 2. The van der Waals surface area contributed by atoms with Crippen molar-refractivity contribution in [2.75, 3.05) is 66.1 Å². The van der Waals surface area contributed by atoms with E-state index in [1.54, 1.807) is 18.2 Å². The molecule has 2 aromatic heterocycles. The van der Waals surface area contributed by atoms with Crippen LogP contribution >= 0.6 is 0 Å². The fraction of sp³-hybridized carbons (Fsp3) is 0.593. The lowest BCUT2D eigenvalue weighted by atomic mass is 9.93. The normalized spacial score (nSPS) is 20.9. The van der Waals surface area contributed by atoms with Crippen LogP contribution in [-0.2, 0) is 14.8 Å². The highest BCUT2D eigenvalue weighted by Gasteiger charge is 2.44. The number of aliphatic hydroxyl groups is 1. The van der Waals surface area contributed by atoms with Gasteiger partial charge in [0.15, 0.2) is 11.6 Å². The van der Waals surface area contributed by atoms with Gasteiger partial charge in [-0.2, -0.15) is 0 Å². The van der Waals surface area contributed by atoms with Crippen molar-refractivity contribution < 1.29 is 32.2 Å². The molecule has 41 heavy (non-hydrogen) atoms. The number of rotatable bonds is 10. The molecule has 4 heterocycles. The van der Waals surface area contributed by atoms with Crippen LogP contribution in [-0.4, -0.2) is 87.0 Å². The number of aromatic nitrogens is 2. The molecule has 0 unspecified atom stereocenters. The number of carbonyl (C=O) groups excluding carboxylic acids is 1. The smallest absolute Gasteiger partial charge is 0.260 e. The Hall–Kier alpha value is -3.23. The molecule has 2 saturated heterocycles. The number of nitrogens with zero attached hydrogens (tertiary/aromatic N) is 4. The molecule has 2 aliphatic heterocycles. The molecule has 5 rings (SSSR count). The zero-order valence-electron chi connectivity index (χ0n) is 23.3. The highest BCUT2D eigenvalue weighted by atomic mass is 32.2. The zero-order chi connectivity index (χ0) is 29.2. The van der Waals surface area contributed by atoms with Gasteiger partial charge in [-0.25, -0.2) is 22.8 Å². The maximum atomic E-state index is 13.6. The number of hydrogen-bond donors (Lipinski definition) is 3. The molecule has 224 valence electrons. The Bertz CT molecular complexity index is 1360. The van der Waals surface area contributed by atoms with E-state index in [1.807, 2.05) is 11.8 Å². The van der Waals surface area contributed by atoms with Crippen LogP contribution < -0.4 is 24.6 Å². The predicted octanol–water partition coefficient (Wildman–Crippen LogP) is 2.76. The molecule has 2 atom stereocenters. The summed E-state index contributed by atoms with van der Waals surface area (Å²) in [6.07, 6.45) is 5.72. The quantitative estimate of drug-likeness (QED) is 0.376. The number of anilines is 4. The summed E-state index contributed by atoms with van der Waals surface area (Å²) in [5, 5.41) is 11.1. The Morgan fingerprint density at radius 1 is 1.22 bits per heavy atom. The molecule has 0 aromatic carbocycles. The number of ether oxygens (including phenoxy) is 2. The van der Waals surface area contributed by atoms with Gasteiger partial charge in [0.25, 0.3) is 5.91 Å². The SMILES string of the molecule is C[C@@H]1CN(c2nc(NC(=O)c3cnc(NS(=O)(=O)[C@@H](C)CO)cc3N3CCC4(CC3)CC4)ccc2OCF)CCO1. The second kappa shape index (κ2) is 11.9. The van der Waals surface area contributed by atoms with E-state index in [0.717, 1.165) is 25.9 Å². The second-order valence-corrected chi connectivity index (χ2v) is 13.2. The van der Waals surface area contributed by atoms with E-state index in [4.69, 9.17) is 9.47 Å². The maximum absolute atomic E-state index is 13.6. The first kappa shape index (κ1) is 29.3. The van der Waals surface area contributed by atoms with Crippen LogP contribution in [0, 0.1) is 5.41 Å². The second-order valence-electron chi connectivity index (χ2n) is 11.1. The van der Waals surface area contributed by atoms with E-state index in [0.29, 0.717) is 36.6 Å². The van der Waals surface area contributed by atoms with Crippen LogP contribution in [0.5, 0.6) is 5.75 Å². The number of piperidine rings is 1. The summed E-state index contributed by atoms with van der Waals surface area (Å²) in [6.45, 7) is 4.79. The van der Waals surface area contributed by atoms with E-state index in [-0.39, 0.29) is 29.1 Å². The minimum atomic E-state index is -3.87. The number of sulfonamides is 1. The van der Waals surface area contributed by atoms with E-state index in [9.17, 15) is 22.7 Å². The van der Waals surface area contributed by atoms with Crippen molar-refractivity contribution in [1.82, 2.24) is 9.97 Å². The summed E-state index contributed by atoms with van der Waals surface area (Å²) in [4.78, 5) is 26.4. The lowest BCUT2D eigenvalue weighted by Crippen LogP contribution is -2.41. The Kier molecular flexibility index (Phi) is 8.52. The van der Waals surface area contributed by atoms with Crippen molar-refractivity contribution in [2.24, 2.45) is 5.41 Å². The summed E-state index contributed by atoms with van der Waals surface area (Å²) < 4.78 is 51.4. The zero-order valence-corrected chi connectivity index (χ0v) is 24.1. The number of hydrogen-bond acceptors (Lipinski definition) is 10. The van der Waals surface area contributed by atoms with Crippen LogP contribution in [0.25, 0.3) is 0 Å².